The lowest BCUT2D eigenvalue weighted by Crippen LogP contribution is -2.25. The van der Waals surface area contributed by atoms with Crippen LogP contribution in [-0.2, 0) is 6.18 Å². The third kappa shape index (κ3) is 5.53. The highest BCUT2D eigenvalue weighted by atomic mass is 32.1. The first-order valence-electron chi connectivity index (χ1n) is 11.1. The van der Waals surface area contributed by atoms with Crippen LogP contribution >= 0.6 is 11.3 Å². The number of nitrogens with one attached hydrogen (secondary N) is 4. The highest BCUT2D eigenvalue weighted by molar-refractivity contribution is 7.12. The number of aromatic amines is 1. The highest BCUT2D eigenvalue weighted by Crippen LogP contribution is 2.42. The number of aromatic nitrogens is 4. The van der Waals surface area contributed by atoms with Crippen LogP contribution in [0.25, 0.3) is 11.0 Å². The molecule has 1 amide bonds. The first kappa shape index (κ1) is 23.1. The minimum Gasteiger partial charge on any atom is -0.370 e. The van der Waals surface area contributed by atoms with E-state index in [1.807, 2.05) is 11.4 Å². The van der Waals surface area contributed by atoms with Gasteiger partial charge in [0.15, 0.2) is 0 Å². The van der Waals surface area contributed by atoms with Crippen LogP contribution in [-0.4, -0.2) is 38.9 Å². The van der Waals surface area contributed by atoms with Crippen LogP contribution in [0, 0.1) is 0 Å². The van der Waals surface area contributed by atoms with Gasteiger partial charge in [-0.15, -0.1) is 11.3 Å². The Bertz CT molecular complexity index is 1330. The second-order valence-electron chi connectivity index (χ2n) is 8.23. The summed E-state index contributed by atoms with van der Waals surface area (Å²) in [6.07, 6.45) is 0.119. The quantitative estimate of drug-likeness (QED) is 0.232. The van der Waals surface area contributed by atoms with E-state index >= 15 is 0 Å². The number of alkyl halides is 3. The van der Waals surface area contributed by atoms with Crippen LogP contribution in [0.15, 0.2) is 41.9 Å². The molecule has 1 saturated carbocycles. The van der Waals surface area contributed by atoms with Gasteiger partial charge in [-0.25, -0.2) is 9.97 Å². The highest BCUT2D eigenvalue weighted by Gasteiger charge is 2.34. The second-order valence-corrected chi connectivity index (χ2v) is 9.17. The van der Waals surface area contributed by atoms with Crippen molar-refractivity contribution in [3.63, 3.8) is 0 Å². The van der Waals surface area contributed by atoms with E-state index in [9.17, 15) is 18.0 Å². The molecule has 3 heterocycles. The van der Waals surface area contributed by atoms with Gasteiger partial charge in [-0.2, -0.15) is 18.2 Å². The number of rotatable bonds is 9. The molecule has 0 bridgehead atoms. The number of thiophene rings is 1. The van der Waals surface area contributed by atoms with Gasteiger partial charge in [0.05, 0.1) is 15.9 Å². The molecule has 182 valence electrons. The van der Waals surface area contributed by atoms with E-state index < -0.39 is 12.0 Å². The molecule has 4 N–H and O–H groups in total. The summed E-state index contributed by atoms with van der Waals surface area (Å²) in [6, 6.07) is 8.32. The molecule has 0 spiro atoms. The number of imidazole rings is 1. The van der Waals surface area contributed by atoms with Crippen LogP contribution < -0.4 is 16.0 Å². The molecule has 0 aliphatic heterocycles. The minimum absolute atomic E-state index is 0.0802. The molecule has 8 nitrogen and oxygen atoms in total. The molecule has 0 atom stereocenters. The molecule has 0 saturated heterocycles. The van der Waals surface area contributed by atoms with Gasteiger partial charge in [0.25, 0.3) is 5.91 Å². The number of halogens is 3. The Kier molecular flexibility index (Phi) is 6.29. The number of hydrogen-bond acceptors (Lipinski definition) is 7. The Morgan fingerprint density at radius 2 is 2.03 bits per heavy atom. The van der Waals surface area contributed by atoms with Crippen LogP contribution in [0.2, 0.25) is 0 Å². The zero-order valence-electron chi connectivity index (χ0n) is 18.4. The van der Waals surface area contributed by atoms with E-state index in [0.717, 1.165) is 24.2 Å². The van der Waals surface area contributed by atoms with Gasteiger partial charge in [-0.05, 0) is 54.8 Å². The summed E-state index contributed by atoms with van der Waals surface area (Å²) in [7, 11) is 0. The van der Waals surface area contributed by atoms with Gasteiger partial charge >= 0.3 is 6.18 Å². The van der Waals surface area contributed by atoms with Crippen LogP contribution in [0.3, 0.4) is 0 Å². The number of carbonyl (C=O) groups is 1. The molecule has 1 aromatic carbocycles. The van der Waals surface area contributed by atoms with Crippen molar-refractivity contribution >= 4 is 45.7 Å². The van der Waals surface area contributed by atoms with Gasteiger partial charge in [-0.1, -0.05) is 6.07 Å². The Hall–Kier alpha value is -3.67. The van der Waals surface area contributed by atoms with E-state index in [2.05, 4.69) is 35.9 Å². The minimum atomic E-state index is -4.54. The molecule has 4 aromatic rings. The smallest absolute Gasteiger partial charge is 0.370 e. The topological polar surface area (TPSA) is 108 Å². The Labute approximate surface area is 202 Å². The van der Waals surface area contributed by atoms with Crippen molar-refractivity contribution < 1.29 is 18.0 Å². The van der Waals surface area contributed by atoms with Gasteiger partial charge in [0.2, 0.25) is 11.8 Å². The van der Waals surface area contributed by atoms with Gasteiger partial charge in [0.1, 0.15) is 5.82 Å². The number of amides is 1. The summed E-state index contributed by atoms with van der Waals surface area (Å²) in [6.45, 7) is 1.14. The van der Waals surface area contributed by atoms with Crippen molar-refractivity contribution in [3.8, 4) is 0 Å². The Morgan fingerprint density at radius 3 is 2.77 bits per heavy atom. The maximum Gasteiger partial charge on any atom is 0.449 e. The first-order valence-corrected chi connectivity index (χ1v) is 12.0. The molecule has 1 aliphatic rings. The molecule has 1 aliphatic carbocycles. The molecule has 0 radical (unpaired) electrons. The number of H-pyrrole nitrogens is 1. The van der Waals surface area contributed by atoms with E-state index in [0.29, 0.717) is 47.5 Å². The number of hydrogen-bond donors (Lipinski definition) is 4. The van der Waals surface area contributed by atoms with Crippen LogP contribution in [0.5, 0.6) is 0 Å². The zero-order valence-corrected chi connectivity index (χ0v) is 19.3. The molecular formula is C23H22F3N7OS. The lowest BCUT2D eigenvalue weighted by molar-refractivity contribution is -0.144. The average Bonchev–Trinajstić information content (AvgIpc) is 3.32. The molecule has 35 heavy (non-hydrogen) atoms. The fraction of sp³-hybridized carbons (Fsp3) is 0.304. The number of nitrogens with zero attached hydrogens (tertiary/aromatic N) is 3. The number of fused-ring (bicyclic) bond motifs is 1. The lowest BCUT2D eigenvalue weighted by Gasteiger charge is -2.13. The fourth-order valence-electron chi connectivity index (χ4n) is 3.62. The standard InChI is InChI=1S/C23H22F3N7OS/c24-23(25,26)21-31-16-7-6-14(11-17(16)32-21)30-22-29-12-15(13-4-5-13)19(33-22)27-8-2-9-28-20(34)18-3-1-10-35-18/h1,3,6-7,10-13H,2,4-5,8-9H2,(H,28,34)(H,31,32)(H2,27,29,30,33). The summed E-state index contributed by atoms with van der Waals surface area (Å²) in [5, 5.41) is 11.1. The molecule has 0 unspecified atom stereocenters. The predicted molar refractivity (Wildman–Crippen MR) is 128 cm³/mol. The monoisotopic (exact) mass is 501 g/mol. The predicted octanol–water partition coefficient (Wildman–Crippen LogP) is 5.29. The van der Waals surface area contributed by atoms with E-state index in [1.165, 1.54) is 23.5 Å². The molecule has 1 fully saturated rings. The van der Waals surface area contributed by atoms with E-state index in [4.69, 9.17) is 0 Å². The van der Waals surface area contributed by atoms with E-state index in [-0.39, 0.29) is 11.4 Å². The molecule has 5 rings (SSSR count). The molecular weight excluding hydrogens is 479 g/mol. The molecule has 12 heteroatoms. The van der Waals surface area contributed by atoms with Crippen molar-refractivity contribution in [1.82, 2.24) is 25.3 Å². The summed E-state index contributed by atoms with van der Waals surface area (Å²) >= 11 is 1.40. The average molecular weight is 502 g/mol. The maximum absolute atomic E-state index is 12.9. The molecule has 3 aromatic heterocycles. The normalized spacial score (nSPS) is 13.7. The van der Waals surface area contributed by atoms with Gasteiger partial charge in [-0.3, -0.25) is 4.79 Å². The van der Waals surface area contributed by atoms with Gasteiger partial charge < -0.3 is 20.9 Å². The fourth-order valence-corrected chi connectivity index (χ4v) is 4.27. The number of anilines is 3. The maximum atomic E-state index is 12.9. The van der Waals surface area contributed by atoms with Crippen molar-refractivity contribution in [3.05, 3.63) is 58.2 Å². The SMILES string of the molecule is O=C(NCCCNc1nc(Nc2ccc3[nH]c(C(F)(F)F)nc3c2)ncc1C1CC1)c1cccs1. The third-order valence-electron chi connectivity index (χ3n) is 5.52. The van der Waals surface area contributed by atoms with Crippen molar-refractivity contribution in [1.29, 1.82) is 0 Å². The van der Waals surface area contributed by atoms with Crippen molar-refractivity contribution in [2.75, 3.05) is 23.7 Å². The summed E-state index contributed by atoms with van der Waals surface area (Å²) in [5.74, 6) is 0.353. The summed E-state index contributed by atoms with van der Waals surface area (Å²) in [4.78, 5) is 27.6. The Morgan fingerprint density at radius 1 is 1.17 bits per heavy atom. The third-order valence-corrected chi connectivity index (χ3v) is 6.39. The summed E-state index contributed by atoms with van der Waals surface area (Å²) in [5.41, 5.74) is 2.05. The van der Waals surface area contributed by atoms with E-state index in [1.54, 1.807) is 18.3 Å². The van der Waals surface area contributed by atoms with Gasteiger partial charge in [0, 0.05) is 30.5 Å². The second kappa shape index (κ2) is 9.53. The lowest BCUT2D eigenvalue weighted by atomic mass is 10.2. The summed E-state index contributed by atoms with van der Waals surface area (Å²) < 4.78 is 38.8. The first-order chi connectivity index (χ1) is 16.9. The van der Waals surface area contributed by atoms with Crippen molar-refractivity contribution in [2.24, 2.45) is 0 Å². The number of benzene rings is 1. The van der Waals surface area contributed by atoms with Crippen LogP contribution in [0.4, 0.5) is 30.6 Å². The Balaban J connectivity index is 1.23. The van der Waals surface area contributed by atoms with Crippen LogP contribution in [0.1, 0.15) is 46.2 Å². The van der Waals surface area contributed by atoms with Crippen molar-refractivity contribution in [2.45, 2.75) is 31.4 Å². The number of carbonyl (C=O) groups excluding carboxylic acids is 1. The largest absolute Gasteiger partial charge is 0.449 e. The zero-order chi connectivity index (χ0) is 24.4.